The molecule has 0 bridgehead atoms. The molecule has 0 saturated carbocycles. The van der Waals surface area contributed by atoms with E-state index in [-0.39, 0.29) is 38.4 Å². The summed E-state index contributed by atoms with van der Waals surface area (Å²) in [7, 11) is 1.56. The Morgan fingerprint density at radius 2 is 1.74 bits per heavy atom. The molecule has 0 unspecified atom stereocenters. The van der Waals surface area contributed by atoms with Gasteiger partial charge in [-0.25, -0.2) is 4.79 Å². The van der Waals surface area contributed by atoms with E-state index in [0.29, 0.717) is 42.0 Å². The van der Waals surface area contributed by atoms with Crippen LogP contribution < -0.4 is 14.8 Å². The maximum Gasteiger partial charge on any atom is 0.322 e. The monoisotopic (exact) mass is 521 g/mol. The highest BCUT2D eigenvalue weighted by Gasteiger charge is 2.24. The van der Waals surface area contributed by atoms with E-state index >= 15 is 0 Å². The highest BCUT2D eigenvalue weighted by molar-refractivity contribution is 5.92. The zero-order valence-corrected chi connectivity index (χ0v) is 22.4. The number of rotatable bonds is 11. The van der Waals surface area contributed by atoms with Gasteiger partial charge in [-0.05, 0) is 60.4 Å². The van der Waals surface area contributed by atoms with Crippen molar-refractivity contribution in [3.8, 4) is 11.5 Å². The minimum absolute atomic E-state index is 0.122. The van der Waals surface area contributed by atoms with Crippen molar-refractivity contribution >= 4 is 17.6 Å². The van der Waals surface area contributed by atoms with E-state index in [9.17, 15) is 9.59 Å². The number of hydrogen-bond donors (Lipinski definition) is 1. The van der Waals surface area contributed by atoms with Gasteiger partial charge in [0.15, 0.2) is 11.5 Å². The molecule has 1 aromatic heterocycles. The number of urea groups is 1. The standard InChI is InChI=1S/C29H35N3O6/c1-20(2)23-7-9-24(10-8-23)30-29(34)31(13-14-35-4)18-28(33)32(17-25-11-5-21(3)38-25)16-22-6-12-26-27(15-22)37-19-36-26/h5-12,15,20H,13-14,16-19H2,1-4H3,(H,30,34). The summed E-state index contributed by atoms with van der Waals surface area (Å²) < 4.78 is 21.9. The lowest BCUT2D eigenvalue weighted by Crippen LogP contribution is -2.45. The van der Waals surface area contributed by atoms with Crippen molar-refractivity contribution in [3.05, 3.63) is 77.2 Å². The Balaban J connectivity index is 1.49. The fraction of sp³-hybridized carbons (Fsp3) is 0.379. The number of fused-ring (bicyclic) bond motifs is 1. The van der Waals surface area contributed by atoms with E-state index in [1.54, 1.807) is 12.0 Å². The Hall–Kier alpha value is -3.98. The van der Waals surface area contributed by atoms with Crippen LogP contribution in [0.25, 0.3) is 0 Å². The molecule has 2 heterocycles. The predicted molar refractivity (Wildman–Crippen MR) is 143 cm³/mol. The van der Waals surface area contributed by atoms with Gasteiger partial charge in [0.25, 0.3) is 0 Å². The number of amides is 3. The van der Waals surface area contributed by atoms with E-state index < -0.39 is 0 Å². The molecule has 202 valence electrons. The fourth-order valence-corrected chi connectivity index (χ4v) is 4.12. The second kappa shape index (κ2) is 12.5. The molecule has 2 aromatic carbocycles. The van der Waals surface area contributed by atoms with Crippen LogP contribution in [0.1, 0.15) is 42.4 Å². The lowest BCUT2D eigenvalue weighted by atomic mass is 10.0. The number of furan rings is 1. The number of benzene rings is 2. The second-order valence-electron chi connectivity index (χ2n) is 9.57. The molecule has 1 aliphatic heterocycles. The first-order chi connectivity index (χ1) is 18.3. The lowest BCUT2D eigenvalue weighted by Gasteiger charge is -2.27. The van der Waals surface area contributed by atoms with Gasteiger partial charge in [0.1, 0.15) is 18.1 Å². The first kappa shape index (κ1) is 27.1. The van der Waals surface area contributed by atoms with Crippen LogP contribution >= 0.6 is 0 Å². The SMILES string of the molecule is COCCN(CC(=O)N(Cc1ccc2c(c1)OCO2)Cc1ccc(C)o1)C(=O)Nc1ccc(C(C)C)cc1. The number of carbonyl (C=O) groups is 2. The average molecular weight is 522 g/mol. The number of hydrogen-bond acceptors (Lipinski definition) is 6. The molecular formula is C29H35N3O6. The molecule has 9 heteroatoms. The molecular weight excluding hydrogens is 486 g/mol. The van der Waals surface area contributed by atoms with Gasteiger partial charge in [0.05, 0.1) is 13.2 Å². The van der Waals surface area contributed by atoms with Crippen molar-refractivity contribution in [2.45, 2.75) is 39.8 Å². The highest BCUT2D eigenvalue weighted by atomic mass is 16.7. The summed E-state index contributed by atoms with van der Waals surface area (Å²) in [6.45, 7) is 7.28. The molecule has 3 aromatic rings. The fourth-order valence-electron chi connectivity index (χ4n) is 4.12. The van der Waals surface area contributed by atoms with E-state index in [1.807, 2.05) is 61.5 Å². The Morgan fingerprint density at radius 3 is 2.42 bits per heavy atom. The van der Waals surface area contributed by atoms with E-state index in [4.69, 9.17) is 18.6 Å². The molecule has 1 N–H and O–H groups in total. The van der Waals surface area contributed by atoms with Gasteiger partial charge in [-0.3, -0.25) is 4.79 Å². The minimum Gasteiger partial charge on any atom is -0.464 e. The molecule has 0 atom stereocenters. The number of anilines is 1. The van der Waals surface area contributed by atoms with Gasteiger partial charge in [0.2, 0.25) is 12.7 Å². The van der Waals surface area contributed by atoms with Crippen LogP contribution in [0.15, 0.2) is 59.0 Å². The Morgan fingerprint density at radius 1 is 0.974 bits per heavy atom. The third kappa shape index (κ3) is 7.07. The van der Waals surface area contributed by atoms with Crippen LogP contribution in [0.4, 0.5) is 10.5 Å². The van der Waals surface area contributed by atoms with Crippen molar-refractivity contribution < 1.29 is 28.2 Å². The zero-order valence-electron chi connectivity index (χ0n) is 22.4. The van der Waals surface area contributed by atoms with Crippen molar-refractivity contribution in [2.24, 2.45) is 0 Å². The normalized spacial score (nSPS) is 12.0. The topological polar surface area (TPSA) is 93.5 Å². The molecule has 0 radical (unpaired) electrons. The highest BCUT2D eigenvalue weighted by Crippen LogP contribution is 2.33. The van der Waals surface area contributed by atoms with Crippen LogP contribution in [-0.2, 0) is 22.6 Å². The molecule has 38 heavy (non-hydrogen) atoms. The first-order valence-corrected chi connectivity index (χ1v) is 12.7. The Labute approximate surface area is 223 Å². The van der Waals surface area contributed by atoms with Gasteiger partial charge in [0, 0.05) is 25.9 Å². The molecule has 0 spiro atoms. The number of ether oxygens (including phenoxy) is 3. The summed E-state index contributed by atoms with van der Waals surface area (Å²) in [4.78, 5) is 29.9. The quantitative estimate of drug-likeness (QED) is 0.375. The largest absolute Gasteiger partial charge is 0.464 e. The van der Waals surface area contributed by atoms with Crippen molar-refractivity contribution in [3.63, 3.8) is 0 Å². The summed E-state index contributed by atoms with van der Waals surface area (Å²) in [5.41, 5.74) is 2.73. The number of nitrogens with zero attached hydrogens (tertiary/aromatic N) is 2. The maximum atomic E-state index is 13.6. The number of nitrogens with one attached hydrogen (secondary N) is 1. The summed E-state index contributed by atoms with van der Waals surface area (Å²) in [5.74, 6) is 2.92. The molecule has 0 aliphatic carbocycles. The van der Waals surface area contributed by atoms with Gasteiger partial charge < -0.3 is 33.7 Å². The van der Waals surface area contributed by atoms with E-state index in [2.05, 4.69) is 19.2 Å². The van der Waals surface area contributed by atoms with Crippen LogP contribution in [-0.4, -0.2) is 55.3 Å². The third-order valence-corrected chi connectivity index (χ3v) is 6.31. The number of aryl methyl sites for hydroxylation is 1. The minimum atomic E-state index is -0.371. The van der Waals surface area contributed by atoms with E-state index in [1.165, 1.54) is 10.5 Å². The summed E-state index contributed by atoms with van der Waals surface area (Å²) in [6, 6.07) is 16.7. The second-order valence-corrected chi connectivity index (χ2v) is 9.57. The van der Waals surface area contributed by atoms with Gasteiger partial charge >= 0.3 is 6.03 Å². The first-order valence-electron chi connectivity index (χ1n) is 12.7. The zero-order chi connectivity index (χ0) is 27.1. The molecule has 0 fully saturated rings. The van der Waals surface area contributed by atoms with Gasteiger partial charge in [-0.2, -0.15) is 0 Å². The van der Waals surface area contributed by atoms with Crippen molar-refractivity contribution in [1.82, 2.24) is 9.80 Å². The van der Waals surface area contributed by atoms with E-state index in [0.717, 1.165) is 11.3 Å². The maximum absolute atomic E-state index is 13.6. The Bertz CT molecular complexity index is 1240. The molecule has 1 aliphatic rings. The van der Waals surface area contributed by atoms with Crippen LogP contribution in [0.5, 0.6) is 11.5 Å². The predicted octanol–water partition coefficient (Wildman–Crippen LogP) is 5.15. The van der Waals surface area contributed by atoms with Gasteiger partial charge in [-0.1, -0.05) is 32.0 Å². The average Bonchev–Trinajstić information content (AvgIpc) is 3.54. The van der Waals surface area contributed by atoms with Crippen LogP contribution in [0.3, 0.4) is 0 Å². The number of carbonyl (C=O) groups excluding carboxylic acids is 2. The van der Waals surface area contributed by atoms with Crippen LogP contribution in [0.2, 0.25) is 0 Å². The van der Waals surface area contributed by atoms with Crippen LogP contribution in [0, 0.1) is 6.92 Å². The third-order valence-electron chi connectivity index (χ3n) is 6.31. The summed E-state index contributed by atoms with van der Waals surface area (Å²) in [5, 5.41) is 2.90. The van der Waals surface area contributed by atoms with Crippen molar-refractivity contribution in [2.75, 3.05) is 38.9 Å². The van der Waals surface area contributed by atoms with Gasteiger partial charge in [-0.15, -0.1) is 0 Å². The lowest BCUT2D eigenvalue weighted by molar-refractivity contribution is -0.133. The molecule has 4 rings (SSSR count). The summed E-state index contributed by atoms with van der Waals surface area (Å²) in [6.07, 6.45) is 0. The Kier molecular flexibility index (Phi) is 8.91. The molecule has 0 saturated heterocycles. The number of methoxy groups -OCH3 is 1. The molecule has 3 amide bonds. The smallest absolute Gasteiger partial charge is 0.322 e. The summed E-state index contributed by atoms with van der Waals surface area (Å²) >= 11 is 0. The van der Waals surface area contributed by atoms with Crippen molar-refractivity contribution in [1.29, 1.82) is 0 Å². The molecule has 9 nitrogen and oxygen atoms in total.